The molecule has 1 saturated heterocycles. The van der Waals surface area contributed by atoms with Gasteiger partial charge in [-0.2, -0.15) is 21.6 Å². The number of methoxy groups -OCH3 is 1. The highest BCUT2D eigenvalue weighted by atomic mass is 32.2. The normalized spacial score (nSPS) is 15.5. The predicted octanol–water partition coefficient (Wildman–Crippen LogP) is 3.86. The number of benzene rings is 2. The number of piperidine rings is 1. The summed E-state index contributed by atoms with van der Waals surface area (Å²) in [5, 5.41) is 7.56. The first-order valence-electron chi connectivity index (χ1n) is 9.81. The van der Waals surface area contributed by atoms with Crippen molar-refractivity contribution in [3.8, 4) is 11.5 Å². The maximum Gasteiger partial charge on any atom is 0.416 e. The molecule has 11 heteroatoms. The van der Waals surface area contributed by atoms with E-state index in [9.17, 15) is 21.6 Å². The molecule has 1 fully saturated rings. The number of halogens is 3. The zero-order valence-corrected chi connectivity index (χ0v) is 18.4. The van der Waals surface area contributed by atoms with Gasteiger partial charge in [-0.1, -0.05) is 12.1 Å². The summed E-state index contributed by atoms with van der Waals surface area (Å²) in [6.45, 7) is 2.89. The first kappa shape index (κ1) is 23.7. The van der Waals surface area contributed by atoms with Crippen LogP contribution in [0.25, 0.3) is 0 Å². The molecule has 174 valence electrons. The third-order valence-electron chi connectivity index (χ3n) is 5.36. The van der Waals surface area contributed by atoms with Gasteiger partial charge in [0.15, 0.2) is 17.5 Å². The first-order chi connectivity index (χ1) is 14.9. The molecule has 2 aromatic carbocycles. The second-order valence-corrected chi connectivity index (χ2v) is 9.14. The molecule has 1 aliphatic rings. The van der Waals surface area contributed by atoms with Gasteiger partial charge in [-0.05, 0) is 55.5 Å². The highest BCUT2D eigenvalue weighted by Gasteiger charge is 2.33. The van der Waals surface area contributed by atoms with Crippen molar-refractivity contribution in [2.45, 2.75) is 36.8 Å². The van der Waals surface area contributed by atoms with E-state index in [0.29, 0.717) is 37.6 Å². The second kappa shape index (κ2) is 8.89. The van der Waals surface area contributed by atoms with E-state index < -0.39 is 26.8 Å². The summed E-state index contributed by atoms with van der Waals surface area (Å²) in [6, 6.07) is 6.73. The average Bonchev–Trinajstić information content (AvgIpc) is 2.72. The Morgan fingerprint density at radius 1 is 1.19 bits per heavy atom. The van der Waals surface area contributed by atoms with Crippen molar-refractivity contribution in [3.63, 3.8) is 0 Å². The van der Waals surface area contributed by atoms with Crippen LogP contribution in [-0.2, 0) is 16.3 Å². The van der Waals surface area contributed by atoms with Crippen LogP contribution in [0.2, 0.25) is 0 Å². The molecule has 32 heavy (non-hydrogen) atoms. The molecule has 1 heterocycles. The van der Waals surface area contributed by atoms with Crippen LogP contribution < -0.4 is 14.7 Å². The van der Waals surface area contributed by atoms with E-state index in [4.69, 9.17) is 20.1 Å². The molecule has 0 aromatic heterocycles. The topological polar surface area (TPSA) is 106 Å². The Kier molecular flexibility index (Phi) is 6.59. The lowest BCUT2D eigenvalue weighted by Crippen LogP contribution is -2.41. The summed E-state index contributed by atoms with van der Waals surface area (Å²) in [5.41, 5.74) is 5.91. The molecule has 0 unspecified atom stereocenters. The van der Waals surface area contributed by atoms with E-state index in [0.717, 1.165) is 23.8 Å². The number of hydrogen-bond donors (Lipinski definition) is 2. The van der Waals surface area contributed by atoms with E-state index in [1.807, 2.05) is 6.07 Å². The van der Waals surface area contributed by atoms with E-state index in [1.54, 1.807) is 11.8 Å². The number of alkyl halides is 3. The fraction of sp³-hybridized carbons (Fsp3) is 0.381. The number of hydrogen-bond acceptors (Lipinski definition) is 5. The van der Waals surface area contributed by atoms with Crippen molar-refractivity contribution in [2.24, 2.45) is 5.73 Å². The standard InChI is InChI=1S/C21H24F3N3O4S/c1-13-10-17(14-6-8-27(9-7-14)20(25)26)19(30-2)18(11-13)31-32(28,29)16-5-3-4-15(12-16)21(22,23)24/h3-5,10-12,14H,6-9H2,1-2H3,(H3,25,26). The average molecular weight is 472 g/mol. The molecule has 7 nitrogen and oxygen atoms in total. The van der Waals surface area contributed by atoms with Gasteiger partial charge >= 0.3 is 16.3 Å². The number of aryl methyl sites for hydroxylation is 1. The number of nitrogens with two attached hydrogens (primary N) is 1. The van der Waals surface area contributed by atoms with Crippen LogP contribution in [0.4, 0.5) is 13.2 Å². The summed E-state index contributed by atoms with van der Waals surface area (Å²) in [5.74, 6) is 0.135. The Morgan fingerprint density at radius 2 is 1.84 bits per heavy atom. The summed E-state index contributed by atoms with van der Waals surface area (Å²) in [4.78, 5) is 1.14. The van der Waals surface area contributed by atoms with E-state index >= 15 is 0 Å². The van der Waals surface area contributed by atoms with Gasteiger partial charge < -0.3 is 19.6 Å². The summed E-state index contributed by atoms with van der Waals surface area (Å²) in [7, 11) is -3.17. The highest BCUT2D eigenvalue weighted by Crippen LogP contribution is 2.42. The minimum Gasteiger partial charge on any atom is -0.492 e. The Bertz CT molecular complexity index is 1110. The molecule has 0 aliphatic carbocycles. The molecular formula is C21H24F3N3O4S. The SMILES string of the molecule is COc1c(OS(=O)(=O)c2cccc(C(F)(F)F)c2)cc(C)cc1C1CCN(C(=N)N)CC1. The molecule has 1 aliphatic heterocycles. The lowest BCUT2D eigenvalue weighted by Gasteiger charge is -2.33. The fourth-order valence-electron chi connectivity index (χ4n) is 3.78. The molecule has 2 aromatic rings. The van der Waals surface area contributed by atoms with Crippen LogP contribution in [0.3, 0.4) is 0 Å². The third kappa shape index (κ3) is 5.09. The monoisotopic (exact) mass is 471 g/mol. The third-order valence-corrected chi connectivity index (χ3v) is 6.59. The Labute approximate surface area is 184 Å². The maximum atomic E-state index is 13.0. The van der Waals surface area contributed by atoms with Crippen LogP contribution >= 0.6 is 0 Å². The second-order valence-electron chi connectivity index (χ2n) is 7.60. The van der Waals surface area contributed by atoms with E-state index in [2.05, 4.69) is 0 Å². The van der Waals surface area contributed by atoms with Crippen LogP contribution in [0.15, 0.2) is 41.3 Å². The summed E-state index contributed by atoms with van der Waals surface area (Å²) < 4.78 is 75.3. The Hall–Kier alpha value is -2.95. The zero-order chi connectivity index (χ0) is 23.7. The number of ether oxygens (including phenoxy) is 1. The van der Waals surface area contributed by atoms with Gasteiger partial charge in [0.1, 0.15) is 4.90 Å². The maximum absolute atomic E-state index is 13.0. The molecule has 0 radical (unpaired) electrons. The van der Waals surface area contributed by atoms with Gasteiger partial charge in [-0.25, -0.2) is 0 Å². The molecule has 0 bridgehead atoms. The van der Waals surface area contributed by atoms with Crippen LogP contribution in [-0.4, -0.2) is 39.5 Å². The van der Waals surface area contributed by atoms with Crippen LogP contribution in [0, 0.1) is 12.3 Å². The molecular weight excluding hydrogens is 447 g/mol. The lowest BCUT2D eigenvalue weighted by atomic mass is 9.88. The van der Waals surface area contributed by atoms with Crippen molar-refractivity contribution in [3.05, 3.63) is 53.1 Å². The molecule has 3 rings (SSSR count). The fourth-order valence-corrected chi connectivity index (χ4v) is 4.75. The number of nitrogens with zero attached hydrogens (tertiary/aromatic N) is 1. The van der Waals surface area contributed by atoms with Gasteiger partial charge in [-0.3, -0.25) is 5.41 Å². The minimum atomic E-state index is -4.69. The predicted molar refractivity (Wildman–Crippen MR) is 112 cm³/mol. The van der Waals surface area contributed by atoms with E-state index in [1.165, 1.54) is 13.2 Å². The smallest absolute Gasteiger partial charge is 0.416 e. The summed E-state index contributed by atoms with van der Waals surface area (Å²) >= 11 is 0. The van der Waals surface area contributed by atoms with Gasteiger partial charge in [0.25, 0.3) is 0 Å². The largest absolute Gasteiger partial charge is 0.492 e. The van der Waals surface area contributed by atoms with Gasteiger partial charge in [0.05, 0.1) is 12.7 Å². The van der Waals surface area contributed by atoms with Gasteiger partial charge in [0, 0.05) is 18.7 Å². The van der Waals surface area contributed by atoms with Gasteiger partial charge in [0.2, 0.25) is 0 Å². The molecule has 0 atom stereocenters. The zero-order valence-electron chi connectivity index (χ0n) is 17.6. The van der Waals surface area contributed by atoms with Crippen molar-refractivity contribution < 1.29 is 30.5 Å². The molecule has 0 amide bonds. The van der Waals surface area contributed by atoms with Crippen LogP contribution in [0.5, 0.6) is 11.5 Å². The molecule has 3 N–H and O–H groups in total. The number of likely N-dealkylation sites (tertiary alicyclic amines) is 1. The van der Waals surface area contributed by atoms with Gasteiger partial charge in [-0.15, -0.1) is 0 Å². The minimum absolute atomic E-state index is 0.00383. The number of nitrogens with one attached hydrogen (secondary N) is 1. The van der Waals surface area contributed by atoms with Crippen LogP contribution in [0.1, 0.15) is 35.4 Å². The molecule has 0 saturated carbocycles. The summed E-state index contributed by atoms with van der Waals surface area (Å²) in [6.07, 6.45) is -3.35. The van der Waals surface area contributed by atoms with E-state index in [-0.39, 0.29) is 23.4 Å². The molecule has 0 spiro atoms. The van der Waals surface area contributed by atoms with Crippen molar-refractivity contribution in [2.75, 3.05) is 20.2 Å². The Morgan fingerprint density at radius 3 is 2.41 bits per heavy atom. The van der Waals surface area contributed by atoms with Crippen molar-refractivity contribution >= 4 is 16.1 Å². The quantitative estimate of drug-likeness (QED) is 0.390. The van der Waals surface area contributed by atoms with Crippen molar-refractivity contribution in [1.82, 2.24) is 4.90 Å². The highest BCUT2D eigenvalue weighted by molar-refractivity contribution is 7.87. The number of guanidine groups is 1. The van der Waals surface area contributed by atoms with Crippen molar-refractivity contribution in [1.29, 1.82) is 5.41 Å². The Balaban J connectivity index is 1.94. The number of rotatable bonds is 5. The lowest BCUT2D eigenvalue weighted by molar-refractivity contribution is -0.137. The first-order valence-corrected chi connectivity index (χ1v) is 11.2.